The zero-order valence-electron chi connectivity index (χ0n) is 18.2. The summed E-state index contributed by atoms with van der Waals surface area (Å²) < 4.78 is 35.6. The largest absolute Gasteiger partial charge is 0.406 e. The molecule has 0 bridgehead atoms. The Bertz CT molecular complexity index is 847. The van der Waals surface area contributed by atoms with E-state index in [1.165, 1.54) is 0 Å². The maximum Gasteiger partial charge on any atom is 0.264 e. The topological polar surface area (TPSA) is 46.6 Å². The number of allylic oxidation sites excluding steroid dienone is 1. The summed E-state index contributed by atoms with van der Waals surface area (Å²) in [6.07, 6.45) is 6.80. The summed E-state index contributed by atoms with van der Waals surface area (Å²) in [4.78, 5) is 0.368. The van der Waals surface area contributed by atoms with E-state index in [9.17, 15) is 8.42 Å². The highest BCUT2D eigenvalue weighted by Crippen LogP contribution is 2.50. The van der Waals surface area contributed by atoms with Crippen molar-refractivity contribution in [3.05, 3.63) is 41.6 Å². The van der Waals surface area contributed by atoms with Gasteiger partial charge in [0.15, 0.2) is 8.32 Å². The molecule has 1 fully saturated rings. The molecule has 0 amide bonds. The molecule has 6 heteroatoms. The van der Waals surface area contributed by atoms with E-state index in [2.05, 4.69) is 39.9 Å². The van der Waals surface area contributed by atoms with Crippen molar-refractivity contribution in [1.29, 1.82) is 0 Å². The summed E-state index contributed by atoms with van der Waals surface area (Å²) in [5.74, 6) is 0. The van der Waals surface area contributed by atoms with Crippen LogP contribution in [0.2, 0.25) is 18.1 Å². The highest BCUT2D eigenvalue weighted by molar-refractivity contribution is 7.89. The summed E-state index contributed by atoms with van der Waals surface area (Å²) in [6, 6.07) is 7.18. The molecule has 0 saturated heterocycles. The van der Waals surface area contributed by atoms with Gasteiger partial charge in [-0.25, -0.2) is 8.42 Å². The first-order valence-corrected chi connectivity index (χ1v) is 14.7. The molecule has 2 aliphatic rings. The smallest absolute Gasteiger partial charge is 0.264 e. The van der Waals surface area contributed by atoms with Gasteiger partial charge in [0.05, 0.1) is 16.2 Å². The maximum absolute atomic E-state index is 13.5. The summed E-state index contributed by atoms with van der Waals surface area (Å²) in [5.41, 5.74) is 1.50. The fourth-order valence-corrected chi connectivity index (χ4v) is 6.94. The van der Waals surface area contributed by atoms with Gasteiger partial charge in [-0.1, -0.05) is 44.5 Å². The first-order chi connectivity index (χ1) is 12.9. The van der Waals surface area contributed by atoms with Gasteiger partial charge in [-0.05, 0) is 69.3 Å². The molecule has 1 heterocycles. The zero-order valence-corrected chi connectivity index (χ0v) is 20.0. The predicted molar refractivity (Wildman–Crippen MR) is 117 cm³/mol. The molecular formula is C22H35NO3SSi. The quantitative estimate of drug-likeness (QED) is 0.581. The summed E-state index contributed by atoms with van der Waals surface area (Å²) in [7, 11) is -5.61. The fraction of sp³-hybridized carbons (Fsp3) is 0.636. The van der Waals surface area contributed by atoms with Crippen molar-refractivity contribution in [1.82, 2.24) is 4.31 Å². The molecular weight excluding hydrogens is 386 g/mol. The third-order valence-corrected chi connectivity index (χ3v) is 13.0. The average molecular weight is 422 g/mol. The molecule has 3 rings (SSSR count). The van der Waals surface area contributed by atoms with Crippen LogP contribution in [0.3, 0.4) is 0 Å². The van der Waals surface area contributed by atoms with Gasteiger partial charge >= 0.3 is 0 Å². The number of aryl methyl sites for hydroxylation is 1. The monoisotopic (exact) mass is 421 g/mol. The van der Waals surface area contributed by atoms with E-state index in [1.54, 1.807) is 16.4 Å². The normalized spacial score (nSPS) is 20.5. The molecule has 0 N–H and O–H groups in total. The van der Waals surface area contributed by atoms with Crippen molar-refractivity contribution in [2.45, 2.75) is 88.4 Å². The lowest BCUT2D eigenvalue weighted by molar-refractivity contribution is -0.00227. The Balaban J connectivity index is 1.99. The van der Waals surface area contributed by atoms with Crippen molar-refractivity contribution in [3.63, 3.8) is 0 Å². The molecule has 0 radical (unpaired) electrons. The van der Waals surface area contributed by atoms with Crippen LogP contribution in [0.4, 0.5) is 0 Å². The Morgan fingerprint density at radius 2 is 1.68 bits per heavy atom. The summed E-state index contributed by atoms with van der Waals surface area (Å²) in [6.45, 7) is 13.7. The zero-order chi connectivity index (χ0) is 20.8. The van der Waals surface area contributed by atoms with Crippen molar-refractivity contribution in [3.8, 4) is 0 Å². The minimum atomic E-state index is -3.58. The van der Waals surface area contributed by atoms with Gasteiger partial charge in [0.1, 0.15) is 0 Å². The number of hydrogen-bond donors (Lipinski definition) is 0. The molecule has 1 saturated carbocycles. The minimum Gasteiger partial charge on any atom is -0.406 e. The molecule has 156 valence electrons. The predicted octanol–water partition coefficient (Wildman–Crippen LogP) is 5.61. The van der Waals surface area contributed by atoms with Gasteiger partial charge < -0.3 is 4.43 Å². The van der Waals surface area contributed by atoms with Crippen LogP contribution in [0.5, 0.6) is 0 Å². The van der Waals surface area contributed by atoms with Gasteiger partial charge in [-0.2, -0.15) is 0 Å². The maximum atomic E-state index is 13.5. The molecule has 1 aromatic carbocycles. The lowest BCUT2D eigenvalue weighted by atomic mass is 9.76. The first-order valence-electron chi connectivity index (χ1n) is 10.4. The molecule has 0 unspecified atom stereocenters. The van der Waals surface area contributed by atoms with Gasteiger partial charge in [0.25, 0.3) is 10.0 Å². The van der Waals surface area contributed by atoms with E-state index in [0.717, 1.165) is 43.4 Å². The second-order valence-electron chi connectivity index (χ2n) is 9.83. The van der Waals surface area contributed by atoms with Crippen molar-refractivity contribution in [2.24, 2.45) is 0 Å². The minimum absolute atomic E-state index is 0.0888. The number of sulfonamides is 1. The molecule has 1 aromatic rings. The third-order valence-electron chi connectivity index (χ3n) is 6.67. The summed E-state index contributed by atoms with van der Waals surface area (Å²) in [5, 5.41) is 0.0888. The molecule has 0 spiro atoms. The lowest BCUT2D eigenvalue weighted by Gasteiger charge is -2.53. The SMILES string of the molecule is Cc1ccc(S(=O)(=O)N2CCCC=C2C2(O[Si](C)(C)C(C)(C)C)CCC2)cc1. The van der Waals surface area contributed by atoms with E-state index < -0.39 is 23.9 Å². The van der Waals surface area contributed by atoms with Crippen LogP contribution in [0, 0.1) is 6.92 Å². The highest BCUT2D eigenvalue weighted by Gasteiger charge is 2.52. The third kappa shape index (κ3) is 3.83. The Morgan fingerprint density at radius 1 is 1.07 bits per heavy atom. The Kier molecular flexibility index (Phi) is 5.62. The molecule has 4 nitrogen and oxygen atoms in total. The van der Waals surface area contributed by atoms with Crippen LogP contribution in [0.15, 0.2) is 40.9 Å². The molecule has 0 atom stereocenters. The number of hydrogen-bond acceptors (Lipinski definition) is 3. The number of rotatable bonds is 5. The van der Waals surface area contributed by atoms with Crippen molar-refractivity contribution in [2.75, 3.05) is 6.54 Å². The standard InChI is InChI=1S/C22H35NO3SSi/c1-18-11-13-19(14-12-18)27(24,25)23-17-8-7-10-20(23)22(15-9-16-22)26-28(5,6)21(2,3)4/h10-14H,7-9,15-17H2,1-6H3. The first kappa shape index (κ1) is 21.6. The molecule has 0 aromatic heterocycles. The van der Waals surface area contributed by atoms with Gasteiger partial charge in [-0.15, -0.1) is 0 Å². The van der Waals surface area contributed by atoms with Crippen LogP contribution >= 0.6 is 0 Å². The Morgan fingerprint density at radius 3 is 2.18 bits per heavy atom. The summed E-state index contributed by atoms with van der Waals surface area (Å²) >= 11 is 0. The lowest BCUT2D eigenvalue weighted by Crippen LogP contribution is -2.57. The van der Waals surface area contributed by atoms with Crippen LogP contribution in [-0.2, 0) is 14.4 Å². The van der Waals surface area contributed by atoms with E-state index in [0.29, 0.717) is 11.4 Å². The Hall–Kier alpha value is -1.11. The van der Waals surface area contributed by atoms with E-state index in [1.807, 2.05) is 19.1 Å². The molecule has 28 heavy (non-hydrogen) atoms. The van der Waals surface area contributed by atoms with E-state index in [-0.39, 0.29) is 5.04 Å². The van der Waals surface area contributed by atoms with Crippen molar-refractivity contribution < 1.29 is 12.8 Å². The average Bonchev–Trinajstić information content (AvgIpc) is 2.57. The second kappa shape index (κ2) is 7.29. The number of nitrogens with zero attached hydrogens (tertiary/aromatic N) is 1. The van der Waals surface area contributed by atoms with Crippen LogP contribution in [-0.4, -0.2) is 33.2 Å². The van der Waals surface area contributed by atoms with Crippen molar-refractivity contribution >= 4 is 18.3 Å². The van der Waals surface area contributed by atoms with E-state index >= 15 is 0 Å². The Labute approximate surface area is 172 Å². The second-order valence-corrected chi connectivity index (χ2v) is 16.4. The highest BCUT2D eigenvalue weighted by atomic mass is 32.2. The molecule has 1 aliphatic heterocycles. The molecule has 1 aliphatic carbocycles. The van der Waals surface area contributed by atoms with Crippen LogP contribution in [0.1, 0.15) is 58.4 Å². The fourth-order valence-electron chi connectivity index (χ4n) is 3.75. The van der Waals surface area contributed by atoms with Crippen LogP contribution < -0.4 is 0 Å². The van der Waals surface area contributed by atoms with Gasteiger partial charge in [0.2, 0.25) is 0 Å². The van der Waals surface area contributed by atoms with Gasteiger partial charge in [-0.3, -0.25) is 4.31 Å². The van der Waals surface area contributed by atoms with Gasteiger partial charge in [0, 0.05) is 6.54 Å². The number of benzene rings is 1. The van der Waals surface area contributed by atoms with E-state index in [4.69, 9.17) is 4.43 Å². The van der Waals surface area contributed by atoms with Crippen LogP contribution in [0.25, 0.3) is 0 Å².